The van der Waals surface area contributed by atoms with Crippen LogP contribution in [0.4, 0.5) is 18.3 Å². The Balaban J connectivity index is 2.00. The van der Waals surface area contributed by atoms with Gasteiger partial charge in [0.15, 0.2) is 0 Å². The van der Waals surface area contributed by atoms with Gasteiger partial charge in [0.05, 0.1) is 0 Å². The molecule has 1 heterocycles. The number of anilines is 1. The van der Waals surface area contributed by atoms with E-state index in [4.69, 9.17) is 0 Å². The molecule has 1 saturated carbocycles. The molecule has 0 amide bonds. The quantitative estimate of drug-likeness (QED) is 0.859. The summed E-state index contributed by atoms with van der Waals surface area (Å²) >= 11 is 0.771. The molecule has 1 aliphatic carbocycles. The second-order valence-corrected chi connectivity index (χ2v) is 4.30. The molecule has 1 aromatic heterocycles. The second-order valence-electron chi connectivity index (χ2n) is 3.55. The smallest absolute Gasteiger partial charge is 0.358 e. The van der Waals surface area contributed by atoms with Crippen molar-refractivity contribution in [3.8, 4) is 0 Å². The predicted molar refractivity (Wildman–Crippen MR) is 50.8 cm³/mol. The highest BCUT2D eigenvalue weighted by molar-refractivity contribution is 7.09. The van der Waals surface area contributed by atoms with Crippen LogP contribution in [0.2, 0.25) is 0 Å². The molecule has 84 valence electrons. The molecule has 0 unspecified atom stereocenters. The molecule has 0 atom stereocenters. The summed E-state index contributed by atoms with van der Waals surface area (Å²) in [5, 5.41) is 3.25. The standard InChI is InChI=1S/C8H10F3N3S/c9-8(10,11)6-13-7(15-14-6)12-5-3-1-2-4-5/h5H,1-4H2,(H,12,13,14). The van der Waals surface area contributed by atoms with Crippen molar-refractivity contribution in [1.82, 2.24) is 9.36 Å². The number of hydrogen-bond donors (Lipinski definition) is 1. The molecule has 7 heteroatoms. The van der Waals surface area contributed by atoms with Gasteiger partial charge in [0, 0.05) is 17.6 Å². The van der Waals surface area contributed by atoms with Crippen molar-refractivity contribution < 1.29 is 13.2 Å². The lowest BCUT2D eigenvalue weighted by atomic mass is 10.3. The van der Waals surface area contributed by atoms with Gasteiger partial charge in [-0.05, 0) is 12.8 Å². The Kier molecular flexibility index (Phi) is 2.81. The molecule has 0 saturated heterocycles. The molecule has 0 bridgehead atoms. The van der Waals surface area contributed by atoms with Gasteiger partial charge in [-0.1, -0.05) is 12.8 Å². The Morgan fingerprint density at radius 3 is 2.47 bits per heavy atom. The summed E-state index contributed by atoms with van der Waals surface area (Å²) in [4.78, 5) is 3.42. The summed E-state index contributed by atoms with van der Waals surface area (Å²) in [6, 6.07) is 0.263. The zero-order valence-electron chi connectivity index (χ0n) is 7.84. The molecule has 1 fully saturated rings. The van der Waals surface area contributed by atoms with Crippen LogP contribution in [0.5, 0.6) is 0 Å². The Morgan fingerprint density at radius 2 is 1.93 bits per heavy atom. The minimum atomic E-state index is -4.44. The van der Waals surface area contributed by atoms with E-state index in [1.54, 1.807) is 0 Å². The summed E-state index contributed by atoms with van der Waals surface area (Å²) < 4.78 is 39.8. The zero-order valence-corrected chi connectivity index (χ0v) is 8.66. The lowest BCUT2D eigenvalue weighted by Gasteiger charge is -2.08. The second kappa shape index (κ2) is 3.96. The number of alkyl halides is 3. The van der Waals surface area contributed by atoms with Gasteiger partial charge in [-0.2, -0.15) is 22.5 Å². The third kappa shape index (κ3) is 2.58. The van der Waals surface area contributed by atoms with E-state index in [2.05, 4.69) is 14.7 Å². The van der Waals surface area contributed by atoms with Gasteiger partial charge in [0.1, 0.15) is 0 Å². The topological polar surface area (TPSA) is 37.8 Å². The summed E-state index contributed by atoms with van der Waals surface area (Å²) in [7, 11) is 0. The Morgan fingerprint density at radius 1 is 1.27 bits per heavy atom. The number of nitrogens with one attached hydrogen (secondary N) is 1. The predicted octanol–water partition coefficient (Wildman–Crippen LogP) is 2.91. The molecule has 0 radical (unpaired) electrons. The summed E-state index contributed by atoms with van der Waals surface area (Å²) in [5.74, 6) is -1.05. The molecule has 15 heavy (non-hydrogen) atoms. The fourth-order valence-electron chi connectivity index (χ4n) is 1.64. The number of hydrogen-bond acceptors (Lipinski definition) is 4. The van der Waals surface area contributed by atoms with Crippen molar-refractivity contribution in [3.63, 3.8) is 0 Å². The lowest BCUT2D eigenvalue weighted by Crippen LogP contribution is -2.14. The molecule has 0 aliphatic heterocycles. The van der Waals surface area contributed by atoms with E-state index in [1.807, 2.05) is 0 Å². The van der Waals surface area contributed by atoms with Crippen molar-refractivity contribution in [1.29, 1.82) is 0 Å². The maximum atomic E-state index is 12.2. The van der Waals surface area contributed by atoms with E-state index in [-0.39, 0.29) is 11.2 Å². The first-order valence-corrected chi connectivity index (χ1v) is 5.50. The zero-order chi connectivity index (χ0) is 10.9. The summed E-state index contributed by atoms with van der Waals surface area (Å²) in [6.45, 7) is 0. The lowest BCUT2D eigenvalue weighted by molar-refractivity contribution is -0.144. The Labute approximate surface area is 88.9 Å². The monoisotopic (exact) mass is 237 g/mol. The highest BCUT2D eigenvalue weighted by Gasteiger charge is 2.36. The highest BCUT2D eigenvalue weighted by atomic mass is 32.1. The van der Waals surface area contributed by atoms with Crippen molar-refractivity contribution in [2.75, 3.05) is 5.32 Å². The molecule has 0 aromatic carbocycles. The van der Waals surface area contributed by atoms with Gasteiger partial charge in [-0.25, -0.2) is 0 Å². The van der Waals surface area contributed by atoms with Crippen LogP contribution in [-0.4, -0.2) is 15.4 Å². The first kappa shape index (κ1) is 10.7. The van der Waals surface area contributed by atoms with E-state index in [9.17, 15) is 13.2 Å². The fraction of sp³-hybridized carbons (Fsp3) is 0.750. The number of rotatable bonds is 2. The average Bonchev–Trinajstić information content (AvgIpc) is 2.73. The normalized spacial score (nSPS) is 18.3. The third-order valence-corrected chi connectivity index (χ3v) is 3.01. The number of halogens is 3. The molecule has 1 aromatic rings. The van der Waals surface area contributed by atoms with Crippen molar-refractivity contribution in [3.05, 3.63) is 5.82 Å². The van der Waals surface area contributed by atoms with Crippen LogP contribution < -0.4 is 5.32 Å². The van der Waals surface area contributed by atoms with Crippen LogP contribution in [0.3, 0.4) is 0 Å². The van der Waals surface area contributed by atoms with E-state index < -0.39 is 12.0 Å². The molecular weight excluding hydrogens is 227 g/mol. The van der Waals surface area contributed by atoms with Gasteiger partial charge in [-0.15, -0.1) is 0 Å². The first-order chi connectivity index (χ1) is 7.05. The van der Waals surface area contributed by atoms with Crippen molar-refractivity contribution in [2.24, 2.45) is 0 Å². The number of nitrogens with zero attached hydrogens (tertiary/aromatic N) is 2. The van der Waals surface area contributed by atoms with Crippen LogP contribution in [0, 0.1) is 0 Å². The van der Waals surface area contributed by atoms with Crippen LogP contribution in [0.1, 0.15) is 31.5 Å². The molecule has 0 spiro atoms. The Hall–Kier alpha value is -0.850. The molecule has 1 aliphatic rings. The van der Waals surface area contributed by atoms with E-state index >= 15 is 0 Å². The van der Waals surface area contributed by atoms with Gasteiger partial charge in [-0.3, -0.25) is 0 Å². The fourth-order valence-corrected chi connectivity index (χ4v) is 2.31. The minimum absolute atomic E-state index is 0.263. The van der Waals surface area contributed by atoms with Gasteiger partial charge < -0.3 is 5.32 Å². The molecule has 2 rings (SSSR count). The van der Waals surface area contributed by atoms with E-state index in [0.717, 1.165) is 37.2 Å². The summed E-state index contributed by atoms with van der Waals surface area (Å²) in [6.07, 6.45) is -0.181. The van der Waals surface area contributed by atoms with Gasteiger partial charge in [0.2, 0.25) is 11.0 Å². The van der Waals surface area contributed by atoms with Crippen LogP contribution >= 0.6 is 11.5 Å². The van der Waals surface area contributed by atoms with Crippen molar-refractivity contribution in [2.45, 2.75) is 37.9 Å². The minimum Gasteiger partial charge on any atom is -0.358 e. The number of aromatic nitrogens is 2. The maximum Gasteiger partial charge on any atom is 0.452 e. The van der Waals surface area contributed by atoms with Crippen LogP contribution in [0.15, 0.2) is 0 Å². The van der Waals surface area contributed by atoms with Crippen LogP contribution in [0.25, 0.3) is 0 Å². The van der Waals surface area contributed by atoms with Gasteiger partial charge >= 0.3 is 6.18 Å². The Bertz CT molecular complexity index is 330. The summed E-state index contributed by atoms with van der Waals surface area (Å²) in [5.41, 5.74) is 0. The maximum absolute atomic E-state index is 12.2. The van der Waals surface area contributed by atoms with Crippen LogP contribution in [-0.2, 0) is 6.18 Å². The van der Waals surface area contributed by atoms with E-state index in [1.165, 1.54) is 0 Å². The van der Waals surface area contributed by atoms with Crippen molar-refractivity contribution >= 4 is 16.7 Å². The average molecular weight is 237 g/mol. The largest absolute Gasteiger partial charge is 0.452 e. The third-order valence-electron chi connectivity index (χ3n) is 2.36. The molecular formula is C8H10F3N3S. The SMILES string of the molecule is FC(F)(F)c1nsc(NC2CCCC2)n1. The molecule has 1 N–H and O–H groups in total. The molecule has 3 nitrogen and oxygen atoms in total. The van der Waals surface area contributed by atoms with Gasteiger partial charge in [0.25, 0.3) is 0 Å². The highest BCUT2D eigenvalue weighted by Crippen LogP contribution is 2.30. The van der Waals surface area contributed by atoms with E-state index in [0.29, 0.717) is 0 Å². The first-order valence-electron chi connectivity index (χ1n) is 4.73.